The van der Waals surface area contributed by atoms with Crippen molar-refractivity contribution in [2.45, 2.75) is 58.7 Å². The van der Waals surface area contributed by atoms with E-state index >= 15 is 0 Å². The number of rotatable bonds is 12. The maximum Gasteiger partial charge on any atom is 0.244 e. The Morgan fingerprint density at radius 3 is 2.02 bits per heavy atom. The summed E-state index contributed by atoms with van der Waals surface area (Å²) in [6.45, 7) is 6.93. The highest BCUT2D eigenvalue weighted by atomic mass is 32.2. The van der Waals surface area contributed by atoms with Crippen LogP contribution in [0.2, 0.25) is 0 Å². The lowest BCUT2D eigenvalue weighted by molar-refractivity contribution is -0.140. The molecule has 3 rings (SSSR count). The quantitative estimate of drug-likeness (QED) is 0.338. The Morgan fingerprint density at radius 1 is 0.875 bits per heavy atom. The highest BCUT2D eigenvalue weighted by molar-refractivity contribution is 7.92. The number of carbonyl (C=O) groups excluding carboxylic acids is 2. The minimum Gasteiger partial charge on any atom is -0.352 e. The van der Waals surface area contributed by atoms with Crippen molar-refractivity contribution in [1.29, 1.82) is 0 Å². The lowest BCUT2D eigenvalue weighted by Crippen LogP contribution is -2.54. The van der Waals surface area contributed by atoms with Crippen LogP contribution in [0.4, 0.5) is 10.1 Å². The molecule has 1 atom stereocenters. The second-order valence-corrected chi connectivity index (χ2v) is 12.4. The van der Waals surface area contributed by atoms with E-state index in [9.17, 15) is 22.4 Å². The fourth-order valence-electron chi connectivity index (χ4n) is 4.38. The molecule has 2 amide bonds. The number of anilines is 1. The Kier molecular flexibility index (Phi) is 10.5. The van der Waals surface area contributed by atoms with Gasteiger partial charge in [-0.3, -0.25) is 13.9 Å². The largest absolute Gasteiger partial charge is 0.352 e. The number of amides is 2. The van der Waals surface area contributed by atoms with Crippen LogP contribution in [0.25, 0.3) is 0 Å². The van der Waals surface area contributed by atoms with Crippen molar-refractivity contribution in [2.75, 3.05) is 17.1 Å². The van der Waals surface area contributed by atoms with E-state index in [0.29, 0.717) is 5.69 Å². The Balaban J connectivity index is 2.05. The number of sulfonamides is 1. The molecule has 0 aliphatic heterocycles. The van der Waals surface area contributed by atoms with Crippen molar-refractivity contribution in [3.05, 3.63) is 101 Å². The Hall–Kier alpha value is -3.72. The van der Waals surface area contributed by atoms with E-state index in [1.807, 2.05) is 70.2 Å². The average Bonchev–Trinajstić information content (AvgIpc) is 2.89. The van der Waals surface area contributed by atoms with E-state index in [0.717, 1.165) is 21.7 Å². The number of benzene rings is 3. The van der Waals surface area contributed by atoms with Crippen LogP contribution in [0.15, 0.2) is 78.9 Å². The Bertz CT molecular complexity index is 1390. The van der Waals surface area contributed by atoms with Crippen LogP contribution in [-0.2, 0) is 32.6 Å². The first kappa shape index (κ1) is 30.8. The maximum atomic E-state index is 14.8. The van der Waals surface area contributed by atoms with Gasteiger partial charge in [0.1, 0.15) is 18.4 Å². The van der Waals surface area contributed by atoms with E-state index < -0.39 is 40.2 Å². The van der Waals surface area contributed by atoms with Crippen molar-refractivity contribution in [3.8, 4) is 0 Å². The predicted octanol–water partition coefficient (Wildman–Crippen LogP) is 4.88. The first-order valence-corrected chi connectivity index (χ1v) is 15.2. The van der Waals surface area contributed by atoms with Gasteiger partial charge in [-0.15, -0.1) is 0 Å². The van der Waals surface area contributed by atoms with Crippen LogP contribution in [0.3, 0.4) is 0 Å². The van der Waals surface area contributed by atoms with Gasteiger partial charge in [-0.05, 0) is 49.1 Å². The van der Waals surface area contributed by atoms with Gasteiger partial charge in [-0.25, -0.2) is 12.8 Å². The summed E-state index contributed by atoms with van der Waals surface area (Å²) in [7, 11) is -3.87. The summed E-state index contributed by atoms with van der Waals surface area (Å²) in [5, 5.41) is 2.87. The summed E-state index contributed by atoms with van der Waals surface area (Å²) in [5.74, 6) is -1.30. The molecular formula is C31H38FN3O4S. The van der Waals surface area contributed by atoms with Crippen molar-refractivity contribution >= 4 is 27.5 Å². The van der Waals surface area contributed by atoms with Crippen LogP contribution in [0.5, 0.6) is 0 Å². The zero-order chi connectivity index (χ0) is 29.4. The molecule has 1 N–H and O–H groups in total. The second kappa shape index (κ2) is 13.6. The summed E-state index contributed by atoms with van der Waals surface area (Å²) in [5.41, 5.74) is 2.38. The summed E-state index contributed by atoms with van der Waals surface area (Å²) >= 11 is 0. The molecule has 7 nitrogen and oxygen atoms in total. The van der Waals surface area contributed by atoms with Gasteiger partial charge in [0.05, 0.1) is 11.9 Å². The van der Waals surface area contributed by atoms with E-state index in [-0.39, 0.29) is 30.5 Å². The van der Waals surface area contributed by atoms with Crippen LogP contribution >= 0.6 is 0 Å². The minimum absolute atomic E-state index is 0.168. The Labute approximate surface area is 237 Å². The summed E-state index contributed by atoms with van der Waals surface area (Å²) in [6.07, 6.45) is 1.20. The third-order valence-corrected chi connectivity index (χ3v) is 7.67. The molecule has 9 heteroatoms. The number of halogens is 1. The van der Waals surface area contributed by atoms with Gasteiger partial charge in [0, 0.05) is 24.6 Å². The highest BCUT2D eigenvalue weighted by Crippen LogP contribution is 2.23. The molecule has 0 bridgehead atoms. The third-order valence-electron chi connectivity index (χ3n) is 6.53. The number of nitrogens with one attached hydrogen (secondary N) is 1. The van der Waals surface area contributed by atoms with E-state index in [1.54, 1.807) is 30.3 Å². The van der Waals surface area contributed by atoms with Gasteiger partial charge in [-0.1, -0.05) is 74.5 Å². The molecule has 0 fully saturated rings. The smallest absolute Gasteiger partial charge is 0.244 e. The zero-order valence-corrected chi connectivity index (χ0v) is 24.5. The third kappa shape index (κ3) is 8.39. The van der Waals surface area contributed by atoms with Crippen molar-refractivity contribution in [2.24, 2.45) is 0 Å². The fourth-order valence-corrected chi connectivity index (χ4v) is 5.23. The van der Waals surface area contributed by atoms with E-state index in [1.165, 1.54) is 11.0 Å². The molecule has 0 aliphatic rings. The van der Waals surface area contributed by atoms with Gasteiger partial charge >= 0.3 is 0 Å². The van der Waals surface area contributed by atoms with Crippen LogP contribution in [0, 0.1) is 5.82 Å². The molecule has 0 saturated carbocycles. The molecule has 0 heterocycles. The molecular weight excluding hydrogens is 529 g/mol. The molecule has 3 aromatic carbocycles. The Morgan fingerprint density at radius 2 is 1.48 bits per heavy atom. The molecule has 214 valence electrons. The van der Waals surface area contributed by atoms with Gasteiger partial charge in [0.2, 0.25) is 21.8 Å². The topological polar surface area (TPSA) is 86.8 Å². The first-order chi connectivity index (χ1) is 18.9. The lowest BCUT2D eigenvalue weighted by atomic mass is 10.0. The van der Waals surface area contributed by atoms with Gasteiger partial charge in [0.25, 0.3) is 0 Å². The van der Waals surface area contributed by atoms with Crippen LogP contribution in [-0.4, -0.2) is 50.0 Å². The fraction of sp³-hybridized carbons (Fsp3) is 0.355. The van der Waals surface area contributed by atoms with Crippen LogP contribution < -0.4 is 9.62 Å². The van der Waals surface area contributed by atoms with Crippen molar-refractivity contribution in [1.82, 2.24) is 10.2 Å². The molecule has 1 unspecified atom stereocenters. The molecule has 0 spiro atoms. The number of hydrogen-bond donors (Lipinski definition) is 1. The summed E-state index contributed by atoms with van der Waals surface area (Å²) in [4.78, 5) is 28.8. The standard InChI is InChI=1S/C31H38FN3O4S/c1-22(2)25-15-17-27(18-16-25)35(40(5,38)39)21-30(36)34(20-26-13-9-10-14-28(26)32)29(31(37)33-23(3)4)19-24-11-7-6-8-12-24/h6-18,22-23,29H,19-21H2,1-5H3,(H,33,37). The first-order valence-electron chi connectivity index (χ1n) is 13.3. The molecule has 0 saturated heterocycles. The SMILES string of the molecule is CC(C)NC(=O)C(Cc1ccccc1)N(Cc1ccccc1F)C(=O)CN(c1ccc(C(C)C)cc1)S(C)(=O)=O. The maximum absolute atomic E-state index is 14.8. The summed E-state index contributed by atoms with van der Waals surface area (Å²) < 4.78 is 41.6. The van der Waals surface area contributed by atoms with Crippen molar-refractivity contribution < 1.29 is 22.4 Å². The van der Waals surface area contributed by atoms with E-state index in [4.69, 9.17) is 0 Å². The van der Waals surface area contributed by atoms with Crippen molar-refractivity contribution in [3.63, 3.8) is 0 Å². The van der Waals surface area contributed by atoms with Gasteiger partial charge < -0.3 is 10.2 Å². The number of nitrogens with zero attached hydrogens (tertiary/aromatic N) is 2. The molecule has 0 aromatic heterocycles. The zero-order valence-electron chi connectivity index (χ0n) is 23.7. The molecule has 0 aliphatic carbocycles. The molecule has 0 radical (unpaired) electrons. The predicted molar refractivity (Wildman–Crippen MR) is 157 cm³/mol. The highest BCUT2D eigenvalue weighted by Gasteiger charge is 2.33. The number of carbonyl (C=O) groups is 2. The van der Waals surface area contributed by atoms with Gasteiger partial charge in [0.15, 0.2) is 0 Å². The molecule has 40 heavy (non-hydrogen) atoms. The monoisotopic (exact) mass is 567 g/mol. The normalized spacial score (nSPS) is 12.3. The van der Waals surface area contributed by atoms with E-state index in [2.05, 4.69) is 5.32 Å². The average molecular weight is 568 g/mol. The second-order valence-electron chi connectivity index (χ2n) is 10.5. The number of hydrogen-bond acceptors (Lipinski definition) is 4. The summed E-state index contributed by atoms with van der Waals surface area (Å²) in [6, 6.07) is 21.0. The lowest BCUT2D eigenvalue weighted by Gasteiger charge is -2.34. The van der Waals surface area contributed by atoms with Crippen LogP contribution in [0.1, 0.15) is 50.3 Å². The molecule has 3 aromatic rings. The van der Waals surface area contributed by atoms with Gasteiger partial charge in [-0.2, -0.15) is 0 Å². The minimum atomic E-state index is -3.87.